The first-order valence-electron chi connectivity index (χ1n) is 8.61. The van der Waals surface area contributed by atoms with Crippen LogP contribution in [0.5, 0.6) is 5.75 Å². The Bertz CT molecular complexity index is 1070. The van der Waals surface area contributed by atoms with Crippen LogP contribution in [0.15, 0.2) is 59.4 Å². The van der Waals surface area contributed by atoms with E-state index in [9.17, 15) is 22.8 Å². The molecule has 3 rings (SSSR count). The van der Waals surface area contributed by atoms with Crippen LogP contribution in [-0.4, -0.2) is 28.8 Å². The molecule has 0 fully saturated rings. The zero-order valence-electron chi connectivity index (χ0n) is 15.1. The van der Waals surface area contributed by atoms with Crippen molar-refractivity contribution in [1.29, 1.82) is 0 Å². The summed E-state index contributed by atoms with van der Waals surface area (Å²) >= 11 is 0. The highest BCUT2D eigenvalue weighted by Gasteiger charge is 2.09. The number of ether oxygens (including phenoxy) is 1. The molecular weight excluding hydrogens is 387 g/mol. The standard InChI is InChI=1S/C20H16F3N3O3/c21-14-3-1-13(2-4-14)17-6-8-20(28)26(25-17)10-9-24-19(27)12-29-18-7-5-15(22)11-16(18)23/h1-8,11H,9-10,12H2,(H,24,27). The van der Waals surface area contributed by atoms with Gasteiger partial charge >= 0.3 is 0 Å². The molecule has 3 aromatic rings. The Morgan fingerprint density at radius 2 is 1.72 bits per heavy atom. The lowest BCUT2D eigenvalue weighted by atomic mass is 10.1. The van der Waals surface area contributed by atoms with Gasteiger partial charge in [0.1, 0.15) is 11.6 Å². The second kappa shape index (κ2) is 9.05. The van der Waals surface area contributed by atoms with Crippen molar-refractivity contribution < 1.29 is 22.7 Å². The Hall–Kier alpha value is -3.62. The molecule has 0 atom stereocenters. The molecule has 0 spiro atoms. The molecule has 0 aliphatic heterocycles. The van der Waals surface area contributed by atoms with Crippen LogP contribution in [0.25, 0.3) is 11.3 Å². The lowest BCUT2D eigenvalue weighted by molar-refractivity contribution is -0.123. The van der Waals surface area contributed by atoms with Crippen molar-refractivity contribution in [2.75, 3.05) is 13.2 Å². The number of carbonyl (C=O) groups is 1. The third-order valence-corrected chi connectivity index (χ3v) is 3.91. The lowest BCUT2D eigenvalue weighted by Crippen LogP contribution is -2.34. The average Bonchev–Trinajstić information content (AvgIpc) is 2.69. The molecule has 6 nitrogen and oxygen atoms in total. The van der Waals surface area contributed by atoms with Crippen molar-refractivity contribution >= 4 is 5.91 Å². The summed E-state index contributed by atoms with van der Waals surface area (Å²) in [6.45, 7) is -0.307. The van der Waals surface area contributed by atoms with Crippen LogP contribution in [0, 0.1) is 17.5 Å². The first-order valence-corrected chi connectivity index (χ1v) is 8.61. The van der Waals surface area contributed by atoms with Gasteiger partial charge in [-0.3, -0.25) is 9.59 Å². The predicted molar refractivity (Wildman–Crippen MR) is 98.8 cm³/mol. The number of amides is 1. The highest BCUT2D eigenvalue weighted by molar-refractivity contribution is 5.77. The maximum atomic E-state index is 13.5. The fourth-order valence-corrected chi connectivity index (χ4v) is 2.47. The first-order chi connectivity index (χ1) is 13.9. The van der Waals surface area contributed by atoms with E-state index in [0.717, 1.165) is 12.1 Å². The van der Waals surface area contributed by atoms with Gasteiger partial charge in [-0.25, -0.2) is 17.9 Å². The number of nitrogens with one attached hydrogen (secondary N) is 1. The van der Waals surface area contributed by atoms with Gasteiger partial charge in [-0.1, -0.05) is 0 Å². The summed E-state index contributed by atoms with van der Waals surface area (Å²) in [6, 6.07) is 11.3. The topological polar surface area (TPSA) is 73.2 Å². The molecular formula is C20H16F3N3O3. The van der Waals surface area contributed by atoms with Gasteiger partial charge in [0.25, 0.3) is 11.5 Å². The van der Waals surface area contributed by atoms with Crippen molar-refractivity contribution in [3.8, 4) is 17.0 Å². The fraction of sp³-hybridized carbons (Fsp3) is 0.150. The number of rotatable bonds is 7. The van der Waals surface area contributed by atoms with E-state index in [-0.39, 0.29) is 30.2 Å². The summed E-state index contributed by atoms with van der Waals surface area (Å²) < 4.78 is 45.5. The number of benzene rings is 2. The Labute approximate surface area is 163 Å². The van der Waals surface area contributed by atoms with Crippen LogP contribution >= 0.6 is 0 Å². The molecule has 0 unspecified atom stereocenters. The predicted octanol–water partition coefficient (Wildman–Crippen LogP) is 2.52. The van der Waals surface area contributed by atoms with E-state index in [2.05, 4.69) is 10.4 Å². The van der Waals surface area contributed by atoms with E-state index < -0.39 is 24.1 Å². The number of nitrogens with zero attached hydrogens (tertiary/aromatic N) is 2. The van der Waals surface area contributed by atoms with Crippen LogP contribution in [0.2, 0.25) is 0 Å². The van der Waals surface area contributed by atoms with Crippen LogP contribution in [-0.2, 0) is 11.3 Å². The average molecular weight is 403 g/mol. The van der Waals surface area contributed by atoms with Crippen molar-refractivity contribution in [2.45, 2.75) is 6.54 Å². The highest BCUT2D eigenvalue weighted by atomic mass is 19.1. The molecule has 2 aromatic carbocycles. The third kappa shape index (κ3) is 5.44. The van der Waals surface area contributed by atoms with E-state index in [0.29, 0.717) is 17.3 Å². The minimum absolute atomic E-state index is 0.0773. The summed E-state index contributed by atoms with van der Waals surface area (Å²) in [5.74, 6) is -2.83. The lowest BCUT2D eigenvalue weighted by Gasteiger charge is -2.10. The number of carbonyl (C=O) groups excluding carboxylic acids is 1. The SMILES string of the molecule is O=C(COc1ccc(F)cc1F)NCCn1nc(-c2ccc(F)cc2)ccc1=O. The highest BCUT2D eigenvalue weighted by Crippen LogP contribution is 2.17. The molecule has 150 valence electrons. The van der Waals surface area contributed by atoms with Gasteiger partial charge in [-0.05, 0) is 42.5 Å². The second-order valence-corrected chi connectivity index (χ2v) is 6.00. The van der Waals surface area contributed by atoms with Crippen molar-refractivity contribution in [3.63, 3.8) is 0 Å². The van der Waals surface area contributed by atoms with Gasteiger partial charge in [-0.2, -0.15) is 5.10 Å². The van der Waals surface area contributed by atoms with E-state index in [1.807, 2.05) is 0 Å². The zero-order chi connectivity index (χ0) is 20.8. The molecule has 29 heavy (non-hydrogen) atoms. The van der Waals surface area contributed by atoms with Crippen LogP contribution in [0.4, 0.5) is 13.2 Å². The first kappa shape index (κ1) is 20.1. The van der Waals surface area contributed by atoms with E-state index in [4.69, 9.17) is 4.74 Å². The Morgan fingerprint density at radius 1 is 1.00 bits per heavy atom. The maximum absolute atomic E-state index is 13.5. The molecule has 0 bridgehead atoms. The number of halogens is 3. The second-order valence-electron chi connectivity index (χ2n) is 6.00. The van der Waals surface area contributed by atoms with Crippen LogP contribution in [0.1, 0.15) is 0 Å². The third-order valence-electron chi connectivity index (χ3n) is 3.91. The molecule has 0 aliphatic carbocycles. The molecule has 1 N–H and O–H groups in total. The van der Waals surface area contributed by atoms with Gasteiger partial charge < -0.3 is 10.1 Å². The Kier molecular flexibility index (Phi) is 6.28. The largest absolute Gasteiger partial charge is 0.481 e. The van der Waals surface area contributed by atoms with Crippen molar-refractivity contribution in [2.24, 2.45) is 0 Å². The number of hydrogen-bond donors (Lipinski definition) is 1. The van der Waals surface area contributed by atoms with Crippen molar-refractivity contribution in [3.05, 3.63) is 82.4 Å². The van der Waals surface area contributed by atoms with E-state index in [1.54, 1.807) is 12.1 Å². The summed E-state index contributed by atoms with van der Waals surface area (Å²) in [7, 11) is 0. The summed E-state index contributed by atoms with van der Waals surface area (Å²) in [5, 5.41) is 6.71. The van der Waals surface area contributed by atoms with Crippen molar-refractivity contribution in [1.82, 2.24) is 15.1 Å². The van der Waals surface area contributed by atoms with Crippen LogP contribution < -0.4 is 15.6 Å². The van der Waals surface area contributed by atoms with Gasteiger partial charge in [-0.15, -0.1) is 0 Å². The van der Waals surface area contributed by atoms with Gasteiger partial charge in [0.2, 0.25) is 0 Å². The molecule has 9 heteroatoms. The van der Waals surface area contributed by atoms with Gasteiger partial charge in [0.15, 0.2) is 18.2 Å². The van der Waals surface area contributed by atoms with Crippen LogP contribution in [0.3, 0.4) is 0 Å². The molecule has 0 aliphatic rings. The maximum Gasteiger partial charge on any atom is 0.266 e. The summed E-state index contributed by atoms with van der Waals surface area (Å²) in [5.41, 5.74) is 0.750. The molecule has 0 saturated carbocycles. The summed E-state index contributed by atoms with van der Waals surface area (Å²) in [4.78, 5) is 23.8. The molecule has 1 amide bonds. The Morgan fingerprint density at radius 3 is 2.45 bits per heavy atom. The molecule has 1 heterocycles. The smallest absolute Gasteiger partial charge is 0.266 e. The molecule has 1 aromatic heterocycles. The summed E-state index contributed by atoms with van der Waals surface area (Å²) in [6.07, 6.45) is 0. The van der Waals surface area contributed by atoms with Gasteiger partial charge in [0.05, 0.1) is 12.2 Å². The normalized spacial score (nSPS) is 10.6. The molecule has 0 radical (unpaired) electrons. The fourth-order valence-electron chi connectivity index (χ4n) is 2.47. The quantitative estimate of drug-likeness (QED) is 0.658. The molecule has 0 saturated heterocycles. The minimum Gasteiger partial charge on any atom is -0.481 e. The Balaban J connectivity index is 1.54. The van der Waals surface area contributed by atoms with E-state index in [1.165, 1.54) is 28.9 Å². The number of aromatic nitrogens is 2. The minimum atomic E-state index is -0.911. The van der Waals surface area contributed by atoms with E-state index >= 15 is 0 Å². The van der Waals surface area contributed by atoms with Gasteiger partial charge in [0, 0.05) is 24.2 Å². The zero-order valence-corrected chi connectivity index (χ0v) is 15.1. The number of hydrogen-bond acceptors (Lipinski definition) is 4. The monoisotopic (exact) mass is 403 g/mol.